The number of ether oxygens (including phenoxy) is 1. The van der Waals surface area contributed by atoms with Crippen molar-refractivity contribution in [2.24, 2.45) is 0 Å². The third kappa shape index (κ3) is 5.01. The first-order valence-corrected chi connectivity index (χ1v) is 10.1. The average molecular weight is 447 g/mol. The SMILES string of the molecule is Cc1nc(OCC(F)F)ccc1C(C)N1CCc2c(C#N)c(Cl)nc(NCC#N)c2C1. The maximum Gasteiger partial charge on any atom is 0.272 e. The minimum Gasteiger partial charge on any atom is -0.472 e. The van der Waals surface area contributed by atoms with Crippen molar-refractivity contribution in [3.05, 3.63) is 45.2 Å². The Morgan fingerprint density at radius 3 is 2.71 bits per heavy atom. The molecular weight excluding hydrogens is 426 g/mol. The van der Waals surface area contributed by atoms with Gasteiger partial charge in [0.1, 0.15) is 23.6 Å². The highest BCUT2D eigenvalue weighted by Gasteiger charge is 2.28. The maximum atomic E-state index is 12.4. The smallest absolute Gasteiger partial charge is 0.272 e. The molecule has 10 heteroatoms. The number of hydrogen-bond donors (Lipinski definition) is 1. The van der Waals surface area contributed by atoms with Gasteiger partial charge < -0.3 is 10.1 Å². The number of fused-ring (bicyclic) bond motifs is 1. The number of hydrogen-bond acceptors (Lipinski definition) is 7. The molecule has 0 saturated heterocycles. The fourth-order valence-electron chi connectivity index (χ4n) is 3.75. The normalized spacial score (nSPS) is 14.5. The highest BCUT2D eigenvalue weighted by molar-refractivity contribution is 6.30. The quantitative estimate of drug-likeness (QED) is 0.506. The Hall–Kier alpha value is -3.01. The molecular formula is C21H21ClF2N6O. The van der Waals surface area contributed by atoms with Gasteiger partial charge in [0.25, 0.3) is 6.43 Å². The Kier molecular flexibility index (Phi) is 7.21. The molecule has 0 aromatic carbocycles. The average Bonchev–Trinajstić information content (AvgIpc) is 2.75. The van der Waals surface area contributed by atoms with Gasteiger partial charge in [-0.3, -0.25) is 4.90 Å². The summed E-state index contributed by atoms with van der Waals surface area (Å²) in [5.41, 5.74) is 3.69. The minimum atomic E-state index is -2.56. The molecule has 0 bridgehead atoms. The summed E-state index contributed by atoms with van der Waals surface area (Å²) < 4.78 is 29.7. The minimum absolute atomic E-state index is 0.0326. The van der Waals surface area contributed by atoms with Gasteiger partial charge in [0.05, 0.1) is 11.6 Å². The number of alkyl halides is 2. The van der Waals surface area contributed by atoms with Gasteiger partial charge in [0.2, 0.25) is 5.88 Å². The molecule has 1 unspecified atom stereocenters. The van der Waals surface area contributed by atoms with Crippen LogP contribution < -0.4 is 10.1 Å². The molecule has 0 radical (unpaired) electrons. The van der Waals surface area contributed by atoms with Crippen LogP contribution in [0.15, 0.2) is 12.1 Å². The summed E-state index contributed by atoms with van der Waals surface area (Å²) in [5, 5.41) is 21.5. The molecule has 0 amide bonds. The zero-order valence-corrected chi connectivity index (χ0v) is 17.9. The zero-order chi connectivity index (χ0) is 22.5. The van der Waals surface area contributed by atoms with E-state index in [0.29, 0.717) is 36.6 Å². The molecule has 162 valence electrons. The van der Waals surface area contributed by atoms with E-state index in [9.17, 15) is 14.0 Å². The summed E-state index contributed by atoms with van der Waals surface area (Å²) in [6.07, 6.45) is -1.95. The third-order valence-corrected chi connectivity index (χ3v) is 5.55. The molecule has 31 heavy (non-hydrogen) atoms. The van der Waals surface area contributed by atoms with Crippen LogP contribution in [0.3, 0.4) is 0 Å². The standard InChI is InChI=1S/C21H21ClF2N6O/c1-12-14(3-4-19(28-12)31-11-18(23)24)13(2)30-8-5-15-16(9-26)20(22)29-21(17(15)10-30)27-7-6-25/h3-4,13,18H,5,7-8,10-11H2,1-2H3,(H,27,29). The van der Waals surface area contributed by atoms with Crippen molar-refractivity contribution in [2.45, 2.75) is 39.3 Å². The second-order valence-electron chi connectivity index (χ2n) is 7.13. The number of aromatic nitrogens is 2. The van der Waals surface area contributed by atoms with Crippen molar-refractivity contribution in [2.75, 3.05) is 25.0 Å². The number of pyridine rings is 2. The van der Waals surface area contributed by atoms with E-state index in [4.69, 9.17) is 21.6 Å². The Bertz CT molecular complexity index is 1050. The summed E-state index contributed by atoms with van der Waals surface area (Å²) in [7, 11) is 0. The van der Waals surface area contributed by atoms with E-state index >= 15 is 0 Å². The summed E-state index contributed by atoms with van der Waals surface area (Å²) in [5.74, 6) is 0.668. The van der Waals surface area contributed by atoms with Gasteiger partial charge in [-0.25, -0.2) is 18.7 Å². The molecule has 0 saturated carbocycles. The van der Waals surface area contributed by atoms with Crippen LogP contribution in [0.1, 0.15) is 40.9 Å². The highest BCUT2D eigenvalue weighted by atomic mass is 35.5. The second-order valence-corrected chi connectivity index (χ2v) is 7.49. The van der Waals surface area contributed by atoms with Gasteiger partial charge in [0, 0.05) is 36.5 Å². The first-order chi connectivity index (χ1) is 14.8. The summed E-state index contributed by atoms with van der Waals surface area (Å²) >= 11 is 6.18. The van der Waals surface area contributed by atoms with E-state index in [1.807, 2.05) is 26.0 Å². The van der Waals surface area contributed by atoms with Crippen molar-refractivity contribution in [1.82, 2.24) is 14.9 Å². The molecule has 0 spiro atoms. The Morgan fingerprint density at radius 2 is 2.06 bits per heavy atom. The Balaban J connectivity index is 1.86. The van der Waals surface area contributed by atoms with Gasteiger partial charge in [-0.15, -0.1) is 0 Å². The van der Waals surface area contributed by atoms with E-state index in [-0.39, 0.29) is 23.6 Å². The van der Waals surface area contributed by atoms with E-state index < -0.39 is 13.0 Å². The van der Waals surface area contributed by atoms with Crippen LogP contribution in [0.4, 0.5) is 14.6 Å². The van der Waals surface area contributed by atoms with Gasteiger partial charge >= 0.3 is 0 Å². The molecule has 1 atom stereocenters. The first-order valence-electron chi connectivity index (χ1n) is 9.70. The molecule has 2 aromatic rings. The summed E-state index contributed by atoms with van der Waals surface area (Å²) in [6, 6.07) is 7.55. The lowest BCUT2D eigenvalue weighted by molar-refractivity contribution is 0.0794. The van der Waals surface area contributed by atoms with Crippen molar-refractivity contribution in [3.8, 4) is 18.0 Å². The molecule has 1 aliphatic heterocycles. The van der Waals surface area contributed by atoms with E-state index in [0.717, 1.165) is 16.7 Å². The van der Waals surface area contributed by atoms with Crippen LogP contribution in [-0.2, 0) is 13.0 Å². The molecule has 2 aromatic heterocycles. The third-order valence-electron chi connectivity index (χ3n) is 5.28. The lowest BCUT2D eigenvalue weighted by Gasteiger charge is -2.35. The molecule has 3 rings (SSSR count). The largest absolute Gasteiger partial charge is 0.472 e. The lowest BCUT2D eigenvalue weighted by atomic mass is 9.94. The van der Waals surface area contributed by atoms with Gasteiger partial charge in [-0.2, -0.15) is 10.5 Å². The number of halogens is 3. The van der Waals surface area contributed by atoms with E-state index in [2.05, 4.69) is 26.3 Å². The van der Waals surface area contributed by atoms with Gasteiger partial charge in [0.15, 0.2) is 6.61 Å². The predicted molar refractivity (Wildman–Crippen MR) is 111 cm³/mol. The Labute approximate surface area is 184 Å². The Morgan fingerprint density at radius 1 is 1.29 bits per heavy atom. The van der Waals surface area contributed by atoms with Crippen molar-refractivity contribution in [3.63, 3.8) is 0 Å². The number of anilines is 1. The number of nitrogens with zero attached hydrogens (tertiary/aromatic N) is 5. The fraction of sp³-hybridized carbons (Fsp3) is 0.429. The first kappa shape index (κ1) is 22.7. The predicted octanol–water partition coefficient (Wildman–Crippen LogP) is 4.01. The van der Waals surface area contributed by atoms with E-state index in [1.54, 1.807) is 6.07 Å². The highest BCUT2D eigenvalue weighted by Crippen LogP contribution is 2.35. The van der Waals surface area contributed by atoms with Crippen LogP contribution in [0.25, 0.3) is 0 Å². The number of nitriles is 2. The van der Waals surface area contributed by atoms with Crippen molar-refractivity contribution >= 4 is 17.4 Å². The van der Waals surface area contributed by atoms with Gasteiger partial charge in [-0.05, 0) is 31.4 Å². The number of rotatable bonds is 7. The van der Waals surface area contributed by atoms with Crippen LogP contribution in [-0.4, -0.2) is 41.0 Å². The van der Waals surface area contributed by atoms with Gasteiger partial charge in [-0.1, -0.05) is 17.7 Å². The van der Waals surface area contributed by atoms with Crippen molar-refractivity contribution in [1.29, 1.82) is 10.5 Å². The monoisotopic (exact) mass is 446 g/mol. The second kappa shape index (κ2) is 9.86. The molecule has 3 heterocycles. The molecule has 0 fully saturated rings. The number of nitrogens with one attached hydrogen (secondary N) is 1. The molecule has 0 aliphatic carbocycles. The van der Waals surface area contributed by atoms with Crippen LogP contribution in [0, 0.1) is 29.6 Å². The van der Waals surface area contributed by atoms with E-state index in [1.165, 1.54) is 0 Å². The summed E-state index contributed by atoms with van der Waals surface area (Å²) in [6.45, 7) is 4.41. The topological polar surface area (TPSA) is 97.9 Å². The zero-order valence-electron chi connectivity index (χ0n) is 17.1. The fourth-order valence-corrected chi connectivity index (χ4v) is 3.99. The van der Waals surface area contributed by atoms with Crippen molar-refractivity contribution < 1.29 is 13.5 Å². The summed E-state index contributed by atoms with van der Waals surface area (Å²) in [4.78, 5) is 10.8. The number of aryl methyl sites for hydroxylation is 1. The molecule has 1 aliphatic rings. The van der Waals surface area contributed by atoms with Crippen LogP contribution >= 0.6 is 11.6 Å². The lowest BCUT2D eigenvalue weighted by Crippen LogP contribution is -2.34. The molecule has 7 nitrogen and oxygen atoms in total. The van der Waals surface area contributed by atoms with Crippen LogP contribution in [0.5, 0.6) is 5.88 Å². The molecule has 1 N–H and O–H groups in total. The van der Waals surface area contributed by atoms with Crippen LogP contribution in [0.2, 0.25) is 5.15 Å². The maximum absolute atomic E-state index is 12.4.